The first-order chi connectivity index (χ1) is 8.45. The molecule has 7 heteroatoms. The Labute approximate surface area is 104 Å². The number of hydrogen-bond donors (Lipinski definition) is 4. The first-order valence-electron chi connectivity index (χ1n) is 5.32. The maximum absolute atomic E-state index is 11.8. The van der Waals surface area contributed by atoms with Gasteiger partial charge in [-0.2, -0.15) is 0 Å². The minimum absolute atomic E-state index is 0.180. The van der Waals surface area contributed by atoms with E-state index in [2.05, 4.69) is 10.3 Å². The number of carboxylic acid groups (broad SMARTS) is 1. The molecule has 1 rings (SSSR count). The Morgan fingerprint density at radius 3 is 2.72 bits per heavy atom. The van der Waals surface area contributed by atoms with E-state index in [0.29, 0.717) is 5.69 Å². The number of aliphatic hydroxyl groups is 1. The van der Waals surface area contributed by atoms with Crippen molar-refractivity contribution < 1.29 is 19.8 Å². The van der Waals surface area contributed by atoms with Gasteiger partial charge in [-0.15, -0.1) is 0 Å². The van der Waals surface area contributed by atoms with Crippen molar-refractivity contribution in [1.29, 1.82) is 0 Å². The molecular formula is C11H15N3O4. The number of aliphatic carboxylic acids is 1. The van der Waals surface area contributed by atoms with Crippen LogP contribution in [0.2, 0.25) is 0 Å². The lowest BCUT2D eigenvalue weighted by atomic mass is 10.1. The minimum Gasteiger partial charge on any atom is -0.480 e. The number of carbonyl (C=O) groups excluding carboxylic acids is 1. The molecule has 1 heterocycles. The summed E-state index contributed by atoms with van der Waals surface area (Å²) in [5.41, 5.74) is 6.16. The number of carbonyl (C=O) groups is 2. The smallest absolute Gasteiger partial charge is 0.328 e. The van der Waals surface area contributed by atoms with E-state index in [4.69, 9.17) is 10.8 Å². The molecule has 0 aliphatic rings. The van der Waals surface area contributed by atoms with Crippen molar-refractivity contribution in [2.24, 2.45) is 5.73 Å². The number of nitrogens with one attached hydrogen (secondary N) is 1. The molecule has 2 unspecified atom stereocenters. The Balaban J connectivity index is 2.83. The highest BCUT2D eigenvalue weighted by molar-refractivity contribution is 5.96. The molecule has 0 bridgehead atoms. The van der Waals surface area contributed by atoms with E-state index in [-0.39, 0.29) is 12.1 Å². The predicted molar refractivity (Wildman–Crippen MR) is 62.7 cm³/mol. The molecule has 1 aromatic rings. The van der Waals surface area contributed by atoms with Crippen molar-refractivity contribution in [2.45, 2.75) is 25.6 Å². The van der Waals surface area contributed by atoms with E-state index in [0.717, 1.165) is 0 Å². The van der Waals surface area contributed by atoms with Gasteiger partial charge in [0.25, 0.3) is 5.91 Å². The SMILES string of the molecule is CC(O)C(NC(=O)c1ccnc(CN)c1)C(=O)O. The molecule has 7 nitrogen and oxygen atoms in total. The third kappa shape index (κ3) is 3.51. The molecule has 0 fully saturated rings. The molecule has 0 radical (unpaired) electrons. The van der Waals surface area contributed by atoms with Crippen LogP contribution in [0.4, 0.5) is 0 Å². The highest BCUT2D eigenvalue weighted by atomic mass is 16.4. The zero-order chi connectivity index (χ0) is 13.7. The third-order valence-corrected chi connectivity index (χ3v) is 2.32. The summed E-state index contributed by atoms with van der Waals surface area (Å²) >= 11 is 0. The van der Waals surface area contributed by atoms with Gasteiger partial charge in [0.05, 0.1) is 11.8 Å². The van der Waals surface area contributed by atoms with Crippen LogP contribution in [0.5, 0.6) is 0 Å². The maximum atomic E-state index is 11.8. The molecule has 0 aliphatic carbocycles. The summed E-state index contributed by atoms with van der Waals surface area (Å²) in [5, 5.41) is 20.3. The second-order valence-electron chi connectivity index (χ2n) is 3.77. The van der Waals surface area contributed by atoms with E-state index in [1.54, 1.807) is 0 Å². The summed E-state index contributed by atoms with van der Waals surface area (Å²) in [6.45, 7) is 1.47. The Bertz CT molecular complexity index is 448. The number of aliphatic hydroxyl groups excluding tert-OH is 1. The van der Waals surface area contributed by atoms with Crippen molar-refractivity contribution in [1.82, 2.24) is 10.3 Å². The molecule has 0 aliphatic heterocycles. The number of nitrogens with two attached hydrogens (primary N) is 1. The standard InChI is InChI=1S/C11H15N3O4/c1-6(15)9(11(17)18)14-10(16)7-2-3-13-8(4-7)5-12/h2-4,6,9,15H,5,12H2,1H3,(H,14,16)(H,17,18). The predicted octanol–water partition coefficient (Wildman–Crippen LogP) is -0.896. The highest BCUT2D eigenvalue weighted by Gasteiger charge is 2.25. The zero-order valence-electron chi connectivity index (χ0n) is 9.83. The van der Waals surface area contributed by atoms with Crippen molar-refractivity contribution in [2.75, 3.05) is 0 Å². The molecule has 2 atom stereocenters. The van der Waals surface area contributed by atoms with Gasteiger partial charge in [0.2, 0.25) is 0 Å². The largest absolute Gasteiger partial charge is 0.480 e. The molecule has 0 saturated carbocycles. The molecule has 5 N–H and O–H groups in total. The number of hydrogen-bond acceptors (Lipinski definition) is 5. The fourth-order valence-corrected chi connectivity index (χ4v) is 1.34. The van der Waals surface area contributed by atoms with Crippen molar-refractivity contribution in [3.05, 3.63) is 29.6 Å². The minimum atomic E-state index is -1.35. The first kappa shape index (κ1) is 14.1. The molecule has 18 heavy (non-hydrogen) atoms. The van der Waals surface area contributed by atoms with Crippen LogP contribution in [0.15, 0.2) is 18.3 Å². The van der Waals surface area contributed by atoms with Crippen molar-refractivity contribution >= 4 is 11.9 Å². The maximum Gasteiger partial charge on any atom is 0.328 e. The second-order valence-corrected chi connectivity index (χ2v) is 3.77. The zero-order valence-corrected chi connectivity index (χ0v) is 9.83. The van der Waals surface area contributed by atoms with E-state index in [1.807, 2.05) is 0 Å². The summed E-state index contributed by atoms with van der Waals surface area (Å²) in [5.74, 6) is -1.90. The molecule has 1 aromatic heterocycles. The number of aromatic nitrogens is 1. The monoisotopic (exact) mass is 253 g/mol. The van der Waals surface area contributed by atoms with Gasteiger partial charge in [-0.05, 0) is 19.1 Å². The van der Waals surface area contributed by atoms with Gasteiger partial charge in [-0.25, -0.2) is 4.79 Å². The molecule has 0 saturated heterocycles. The van der Waals surface area contributed by atoms with Crippen LogP contribution in [0.3, 0.4) is 0 Å². The number of nitrogens with zero attached hydrogens (tertiary/aromatic N) is 1. The van der Waals surface area contributed by atoms with Gasteiger partial charge >= 0.3 is 5.97 Å². The normalized spacial score (nSPS) is 13.7. The fourth-order valence-electron chi connectivity index (χ4n) is 1.34. The number of rotatable bonds is 5. The quantitative estimate of drug-likeness (QED) is 0.539. The fraction of sp³-hybridized carbons (Fsp3) is 0.364. The van der Waals surface area contributed by atoms with Gasteiger partial charge in [-0.3, -0.25) is 9.78 Å². The van der Waals surface area contributed by atoms with Gasteiger partial charge in [0, 0.05) is 18.3 Å². The average molecular weight is 253 g/mol. The first-order valence-corrected chi connectivity index (χ1v) is 5.32. The number of amides is 1. The summed E-state index contributed by atoms with van der Waals surface area (Å²) in [7, 11) is 0. The van der Waals surface area contributed by atoms with Gasteiger partial charge < -0.3 is 21.3 Å². The summed E-state index contributed by atoms with van der Waals surface area (Å²) in [6.07, 6.45) is 0.220. The topological polar surface area (TPSA) is 126 Å². The molecule has 0 spiro atoms. The van der Waals surface area contributed by atoms with Crippen molar-refractivity contribution in [3.63, 3.8) is 0 Å². The Morgan fingerprint density at radius 1 is 1.56 bits per heavy atom. The lowest BCUT2D eigenvalue weighted by Crippen LogP contribution is -2.47. The number of pyridine rings is 1. The molecule has 0 aromatic carbocycles. The molecule has 1 amide bonds. The van der Waals surface area contributed by atoms with E-state index < -0.39 is 24.0 Å². The Kier molecular flexibility index (Phi) is 4.75. The lowest BCUT2D eigenvalue weighted by molar-refractivity contribution is -0.141. The van der Waals surface area contributed by atoms with E-state index in [9.17, 15) is 14.7 Å². The van der Waals surface area contributed by atoms with Crippen LogP contribution >= 0.6 is 0 Å². The number of carboxylic acids is 1. The summed E-state index contributed by atoms with van der Waals surface area (Å²) < 4.78 is 0. The van der Waals surface area contributed by atoms with Crippen LogP contribution in [0, 0.1) is 0 Å². The van der Waals surface area contributed by atoms with Gasteiger partial charge in [0.1, 0.15) is 0 Å². The molecular weight excluding hydrogens is 238 g/mol. The van der Waals surface area contributed by atoms with Gasteiger partial charge in [0.15, 0.2) is 6.04 Å². The van der Waals surface area contributed by atoms with Crippen LogP contribution in [-0.4, -0.2) is 39.2 Å². The third-order valence-electron chi connectivity index (χ3n) is 2.32. The lowest BCUT2D eigenvalue weighted by Gasteiger charge is -2.17. The van der Waals surface area contributed by atoms with Crippen molar-refractivity contribution in [3.8, 4) is 0 Å². The average Bonchev–Trinajstić information content (AvgIpc) is 2.34. The van der Waals surface area contributed by atoms with Crippen LogP contribution < -0.4 is 11.1 Å². The Morgan fingerprint density at radius 2 is 2.22 bits per heavy atom. The van der Waals surface area contributed by atoms with Gasteiger partial charge in [-0.1, -0.05) is 0 Å². The van der Waals surface area contributed by atoms with Crippen LogP contribution in [0.25, 0.3) is 0 Å². The Hall–Kier alpha value is -1.99. The second kappa shape index (κ2) is 6.08. The summed E-state index contributed by atoms with van der Waals surface area (Å²) in [4.78, 5) is 26.5. The van der Waals surface area contributed by atoms with Crippen LogP contribution in [0.1, 0.15) is 23.0 Å². The molecule has 98 valence electrons. The van der Waals surface area contributed by atoms with Crippen LogP contribution in [-0.2, 0) is 11.3 Å². The van der Waals surface area contributed by atoms with E-state index in [1.165, 1.54) is 25.3 Å². The summed E-state index contributed by atoms with van der Waals surface area (Å²) in [6, 6.07) is 1.55. The van der Waals surface area contributed by atoms with E-state index >= 15 is 0 Å². The highest BCUT2D eigenvalue weighted by Crippen LogP contribution is 2.03.